The Labute approximate surface area is 121 Å². The summed E-state index contributed by atoms with van der Waals surface area (Å²) in [6.45, 7) is 0. The molecule has 0 atom stereocenters. The first-order chi connectivity index (χ1) is 9.71. The number of hydrogen-bond acceptors (Lipinski definition) is 2. The second-order valence-corrected chi connectivity index (χ2v) is 8.14. The fourth-order valence-corrected chi connectivity index (χ4v) is 6.04. The molecule has 0 aliphatic heterocycles. The van der Waals surface area contributed by atoms with Crippen LogP contribution in [0.15, 0.2) is 0 Å². The third-order valence-corrected chi connectivity index (χ3v) is 6.34. The number of carbonyl (C=O) groups is 1. The third kappa shape index (κ3) is 2.49. The first kappa shape index (κ1) is 13.1. The van der Waals surface area contributed by atoms with Crippen molar-refractivity contribution in [1.29, 1.82) is 0 Å². The molecule has 1 N–H and O–H groups in total. The van der Waals surface area contributed by atoms with Crippen molar-refractivity contribution in [3.05, 3.63) is 0 Å². The Hall–Kier alpha value is -0.570. The highest BCUT2D eigenvalue weighted by Gasteiger charge is 2.51. The summed E-state index contributed by atoms with van der Waals surface area (Å²) in [4.78, 5) is 17.8. The molecule has 5 rings (SSSR count). The van der Waals surface area contributed by atoms with Crippen molar-refractivity contribution >= 4 is 5.91 Å². The quantitative estimate of drug-likeness (QED) is 0.798. The third-order valence-electron chi connectivity index (χ3n) is 6.34. The fourth-order valence-electron chi connectivity index (χ4n) is 6.04. The Morgan fingerprint density at radius 2 is 1.55 bits per heavy atom. The second kappa shape index (κ2) is 5.01. The maximum Gasteiger partial charge on any atom is 0.244 e. The van der Waals surface area contributed by atoms with Gasteiger partial charge in [0.1, 0.15) is 0 Å². The zero-order chi connectivity index (χ0) is 13.6. The van der Waals surface area contributed by atoms with Gasteiger partial charge in [0.05, 0.1) is 6.10 Å². The van der Waals surface area contributed by atoms with Crippen LogP contribution >= 0.6 is 0 Å². The van der Waals surface area contributed by atoms with Crippen LogP contribution in [-0.4, -0.2) is 12.0 Å². The monoisotopic (exact) mass is 277 g/mol. The van der Waals surface area contributed by atoms with Crippen LogP contribution in [-0.2, 0) is 9.63 Å². The molecule has 5 saturated carbocycles. The molecule has 0 heterocycles. The summed E-state index contributed by atoms with van der Waals surface area (Å²) in [7, 11) is 0. The summed E-state index contributed by atoms with van der Waals surface area (Å²) in [5.74, 6) is 2.90. The summed E-state index contributed by atoms with van der Waals surface area (Å²) in [5.41, 5.74) is 3.09. The van der Waals surface area contributed by atoms with Gasteiger partial charge in [0.15, 0.2) is 0 Å². The lowest BCUT2D eigenvalue weighted by atomic mass is 9.49. The number of carbonyl (C=O) groups excluding carboxylic acids is 1. The molecule has 0 spiro atoms. The van der Waals surface area contributed by atoms with E-state index in [0.717, 1.165) is 30.6 Å². The van der Waals surface area contributed by atoms with E-state index >= 15 is 0 Å². The molecule has 20 heavy (non-hydrogen) atoms. The van der Waals surface area contributed by atoms with Crippen LogP contribution in [0.25, 0.3) is 0 Å². The number of rotatable bonds is 4. The van der Waals surface area contributed by atoms with E-state index in [1.807, 2.05) is 0 Å². The Kier molecular flexibility index (Phi) is 3.29. The number of nitrogens with one attached hydrogen (secondary N) is 1. The van der Waals surface area contributed by atoms with Crippen LogP contribution in [0.5, 0.6) is 0 Å². The first-order valence-corrected chi connectivity index (χ1v) is 8.65. The molecule has 0 saturated heterocycles. The van der Waals surface area contributed by atoms with E-state index in [2.05, 4.69) is 5.48 Å². The van der Waals surface area contributed by atoms with Gasteiger partial charge in [-0.25, -0.2) is 5.48 Å². The van der Waals surface area contributed by atoms with Crippen molar-refractivity contribution in [2.75, 3.05) is 0 Å². The minimum Gasteiger partial charge on any atom is -0.273 e. The lowest BCUT2D eigenvalue weighted by molar-refractivity contribution is -0.145. The molecular weight excluding hydrogens is 250 g/mol. The number of hydrogen-bond donors (Lipinski definition) is 1. The molecule has 0 unspecified atom stereocenters. The van der Waals surface area contributed by atoms with E-state index in [0.29, 0.717) is 11.8 Å². The van der Waals surface area contributed by atoms with E-state index in [1.165, 1.54) is 51.4 Å². The van der Waals surface area contributed by atoms with Crippen LogP contribution in [0.4, 0.5) is 0 Å². The Balaban J connectivity index is 1.32. The van der Waals surface area contributed by atoms with E-state index < -0.39 is 0 Å². The van der Waals surface area contributed by atoms with E-state index in [9.17, 15) is 4.79 Å². The molecule has 4 bridgehead atoms. The van der Waals surface area contributed by atoms with Gasteiger partial charge in [-0.2, -0.15) is 0 Å². The van der Waals surface area contributed by atoms with Crippen molar-refractivity contribution in [1.82, 2.24) is 5.48 Å². The largest absolute Gasteiger partial charge is 0.273 e. The molecule has 3 nitrogen and oxygen atoms in total. The first-order valence-electron chi connectivity index (χ1n) is 8.65. The van der Waals surface area contributed by atoms with Crippen molar-refractivity contribution in [2.45, 2.75) is 76.7 Å². The van der Waals surface area contributed by atoms with Gasteiger partial charge in [0.25, 0.3) is 0 Å². The van der Waals surface area contributed by atoms with Crippen LogP contribution in [0, 0.1) is 23.2 Å². The highest BCUT2D eigenvalue weighted by Crippen LogP contribution is 2.61. The van der Waals surface area contributed by atoms with Crippen molar-refractivity contribution in [2.24, 2.45) is 23.2 Å². The van der Waals surface area contributed by atoms with Crippen LogP contribution < -0.4 is 5.48 Å². The number of hydroxylamine groups is 1. The predicted molar refractivity (Wildman–Crippen MR) is 76.7 cm³/mol. The maximum absolute atomic E-state index is 12.2. The van der Waals surface area contributed by atoms with Crippen molar-refractivity contribution in [3.8, 4) is 0 Å². The molecule has 1 amide bonds. The highest BCUT2D eigenvalue weighted by atomic mass is 16.7. The zero-order valence-electron chi connectivity index (χ0n) is 12.4. The standard InChI is InChI=1S/C17H27NO2/c19-16(18-20-15-3-1-2-4-15)11-17-8-12-5-13(9-17)7-14(6-12)10-17/h12-15H,1-11H2,(H,18,19). The zero-order valence-corrected chi connectivity index (χ0v) is 12.4. The van der Waals surface area contributed by atoms with Gasteiger partial charge in [-0.15, -0.1) is 0 Å². The molecule has 5 fully saturated rings. The van der Waals surface area contributed by atoms with Gasteiger partial charge >= 0.3 is 0 Å². The molecule has 0 radical (unpaired) electrons. The summed E-state index contributed by atoms with van der Waals surface area (Å²) in [5, 5.41) is 0. The van der Waals surface area contributed by atoms with Crippen molar-refractivity contribution in [3.63, 3.8) is 0 Å². The van der Waals surface area contributed by atoms with E-state index in [4.69, 9.17) is 4.84 Å². The predicted octanol–water partition coefficient (Wildman–Crippen LogP) is 3.58. The van der Waals surface area contributed by atoms with Gasteiger partial charge in [-0.3, -0.25) is 9.63 Å². The molecule has 0 aromatic heterocycles. The molecule has 5 aliphatic carbocycles. The van der Waals surface area contributed by atoms with E-state index in [-0.39, 0.29) is 12.0 Å². The number of amides is 1. The summed E-state index contributed by atoms with van der Waals surface area (Å²) < 4.78 is 0. The van der Waals surface area contributed by atoms with Gasteiger partial charge in [0, 0.05) is 6.42 Å². The normalized spacial score (nSPS) is 43.1. The lowest BCUT2D eigenvalue weighted by Crippen LogP contribution is -2.48. The molecular formula is C17H27NO2. The average Bonchev–Trinajstić information content (AvgIpc) is 2.87. The van der Waals surface area contributed by atoms with Crippen LogP contribution in [0.3, 0.4) is 0 Å². The Morgan fingerprint density at radius 1 is 1.00 bits per heavy atom. The fraction of sp³-hybridized carbons (Fsp3) is 0.941. The average molecular weight is 277 g/mol. The summed E-state index contributed by atoms with van der Waals surface area (Å²) in [6, 6.07) is 0. The topological polar surface area (TPSA) is 38.3 Å². The molecule has 0 aromatic rings. The second-order valence-electron chi connectivity index (χ2n) is 8.14. The van der Waals surface area contributed by atoms with E-state index in [1.54, 1.807) is 0 Å². The van der Waals surface area contributed by atoms with Gasteiger partial charge in [0.2, 0.25) is 5.91 Å². The Morgan fingerprint density at radius 3 is 2.10 bits per heavy atom. The van der Waals surface area contributed by atoms with Crippen LogP contribution in [0.2, 0.25) is 0 Å². The summed E-state index contributed by atoms with van der Waals surface area (Å²) in [6.07, 6.45) is 13.9. The van der Waals surface area contributed by atoms with Gasteiger partial charge in [-0.05, 0) is 74.5 Å². The minimum absolute atomic E-state index is 0.138. The lowest BCUT2D eigenvalue weighted by Gasteiger charge is -2.56. The van der Waals surface area contributed by atoms with Crippen molar-refractivity contribution < 1.29 is 9.63 Å². The van der Waals surface area contributed by atoms with Crippen LogP contribution in [0.1, 0.15) is 70.6 Å². The smallest absolute Gasteiger partial charge is 0.244 e. The molecule has 112 valence electrons. The SMILES string of the molecule is O=C(CC12CC3CC(CC(C3)C1)C2)NOC1CCCC1. The molecule has 5 aliphatic rings. The van der Waals surface area contributed by atoms with Gasteiger partial charge in [-0.1, -0.05) is 12.8 Å². The van der Waals surface area contributed by atoms with Gasteiger partial charge < -0.3 is 0 Å². The maximum atomic E-state index is 12.2. The summed E-state index contributed by atoms with van der Waals surface area (Å²) >= 11 is 0. The molecule has 0 aromatic carbocycles. The molecule has 3 heteroatoms. The minimum atomic E-state index is 0.138. The Bertz CT molecular complexity index is 351. The highest BCUT2D eigenvalue weighted by molar-refractivity contribution is 5.75.